The Morgan fingerprint density at radius 1 is 1.35 bits per heavy atom. The van der Waals surface area contributed by atoms with Crippen LogP contribution < -0.4 is 0 Å². The van der Waals surface area contributed by atoms with Crippen molar-refractivity contribution in [3.63, 3.8) is 0 Å². The normalized spacial score (nSPS) is 36.0. The third kappa shape index (κ3) is 3.87. The number of nitrogens with zero attached hydrogens (tertiary/aromatic N) is 2. The second kappa shape index (κ2) is 9.61. The van der Waals surface area contributed by atoms with Gasteiger partial charge in [-0.3, -0.25) is 14.4 Å². The lowest BCUT2D eigenvalue weighted by Crippen LogP contribution is -2.60. The van der Waals surface area contributed by atoms with Crippen LogP contribution in [0.4, 0.5) is 0 Å². The van der Waals surface area contributed by atoms with Crippen molar-refractivity contribution in [1.82, 2.24) is 9.80 Å². The fourth-order valence-electron chi connectivity index (χ4n) is 6.90. The van der Waals surface area contributed by atoms with Crippen LogP contribution >= 0.6 is 0 Å². The quantitative estimate of drug-likeness (QED) is 0.442. The number of ether oxygens (including phenoxy) is 1. The predicted molar refractivity (Wildman–Crippen MR) is 128 cm³/mol. The van der Waals surface area contributed by atoms with Crippen LogP contribution in [0.2, 0.25) is 0 Å². The molecular formula is C26H42N2O6. The van der Waals surface area contributed by atoms with Crippen LogP contribution in [-0.4, -0.2) is 80.3 Å². The molecule has 0 saturated carbocycles. The number of hydrogen-bond donors (Lipinski definition) is 2. The first-order valence-electron chi connectivity index (χ1n) is 12.7. The van der Waals surface area contributed by atoms with Crippen LogP contribution in [0, 0.1) is 23.7 Å². The maximum absolute atomic E-state index is 14.3. The zero-order valence-corrected chi connectivity index (χ0v) is 21.5. The number of fused-ring (bicyclic) bond motifs is 1. The second-order valence-electron chi connectivity index (χ2n) is 11.2. The summed E-state index contributed by atoms with van der Waals surface area (Å²) in [7, 11) is 0. The molecule has 2 N–H and O–H groups in total. The summed E-state index contributed by atoms with van der Waals surface area (Å²) >= 11 is 0. The largest absolute Gasteiger partial charge is 0.481 e. The van der Waals surface area contributed by atoms with Crippen molar-refractivity contribution in [2.45, 2.75) is 96.6 Å². The summed E-state index contributed by atoms with van der Waals surface area (Å²) in [6.07, 6.45) is 4.29. The maximum atomic E-state index is 14.3. The smallest absolute Gasteiger partial charge is 0.310 e. The standard InChI is InChI=1S/C26H42N2O6/c1-8-10-17(6)27(11-9-2)23(31)21-26-13-16(5)25(7,34-26)20(24(32)33)19(26)22(30)28(21)18(14-29)12-15(3)4/h9,15-21,29H,2,8,10-14H2,1,3-7H3,(H,32,33)/t16?,17?,18-,19+,20+,21?,25-,26?/m1/s1. The van der Waals surface area contributed by atoms with Gasteiger partial charge in [0.1, 0.15) is 17.6 Å². The van der Waals surface area contributed by atoms with Gasteiger partial charge in [0, 0.05) is 12.6 Å². The maximum Gasteiger partial charge on any atom is 0.310 e. The summed E-state index contributed by atoms with van der Waals surface area (Å²) in [6, 6.07) is -1.65. The third-order valence-electron chi connectivity index (χ3n) is 8.45. The average Bonchev–Trinajstić information content (AvgIpc) is 3.26. The van der Waals surface area contributed by atoms with E-state index in [0.29, 0.717) is 19.4 Å². The Bertz CT molecular complexity index is 830. The monoisotopic (exact) mass is 478 g/mol. The van der Waals surface area contributed by atoms with Crippen molar-refractivity contribution < 1.29 is 29.3 Å². The number of hydrogen-bond acceptors (Lipinski definition) is 5. The van der Waals surface area contributed by atoms with E-state index >= 15 is 0 Å². The Morgan fingerprint density at radius 3 is 2.50 bits per heavy atom. The van der Waals surface area contributed by atoms with Crippen molar-refractivity contribution >= 4 is 17.8 Å². The molecule has 192 valence electrons. The van der Waals surface area contributed by atoms with Crippen LogP contribution in [-0.2, 0) is 19.1 Å². The van der Waals surface area contributed by atoms with Crippen molar-refractivity contribution in [3.8, 4) is 0 Å². The number of amides is 2. The number of carboxylic acids is 1. The molecule has 0 radical (unpaired) electrons. The molecule has 3 heterocycles. The summed E-state index contributed by atoms with van der Waals surface area (Å²) in [5.41, 5.74) is -2.25. The molecule has 4 unspecified atom stereocenters. The molecule has 3 fully saturated rings. The minimum Gasteiger partial charge on any atom is -0.481 e. The molecule has 0 aromatic rings. The van der Waals surface area contributed by atoms with Gasteiger partial charge in [-0.1, -0.05) is 40.2 Å². The second-order valence-corrected chi connectivity index (χ2v) is 11.2. The van der Waals surface area contributed by atoms with Gasteiger partial charge < -0.3 is 24.7 Å². The number of carbonyl (C=O) groups is 3. The summed E-state index contributed by atoms with van der Waals surface area (Å²) in [4.78, 5) is 44.0. The lowest BCUT2D eigenvalue weighted by molar-refractivity contribution is -0.161. The molecule has 0 aliphatic carbocycles. The first-order valence-corrected chi connectivity index (χ1v) is 12.7. The van der Waals surface area contributed by atoms with Gasteiger partial charge in [0.25, 0.3) is 0 Å². The molecule has 2 bridgehead atoms. The fourth-order valence-corrected chi connectivity index (χ4v) is 6.90. The van der Waals surface area contributed by atoms with E-state index in [4.69, 9.17) is 4.74 Å². The minimum absolute atomic E-state index is 0.0811. The zero-order chi connectivity index (χ0) is 25.6. The van der Waals surface area contributed by atoms with E-state index in [0.717, 1.165) is 12.8 Å². The van der Waals surface area contributed by atoms with Crippen LogP contribution in [0.1, 0.15) is 67.2 Å². The van der Waals surface area contributed by atoms with Gasteiger partial charge in [0.05, 0.1) is 24.2 Å². The highest BCUT2D eigenvalue weighted by Crippen LogP contribution is 2.65. The van der Waals surface area contributed by atoms with E-state index in [1.165, 1.54) is 4.90 Å². The van der Waals surface area contributed by atoms with Gasteiger partial charge in [-0.25, -0.2) is 0 Å². The Balaban J connectivity index is 2.17. The minimum atomic E-state index is -1.22. The Hall–Kier alpha value is -1.93. The zero-order valence-electron chi connectivity index (χ0n) is 21.5. The SMILES string of the molecule is C=CCN(C(=O)C1N([C@@H](CO)CC(C)C)C(=O)[C@@H]2[C@@H](C(=O)O)[C@]3(C)OC12CC3C)C(C)CCC. The average molecular weight is 479 g/mol. The van der Waals surface area contributed by atoms with E-state index < -0.39 is 41.1 Å². The van der Waals surface area contributed by atoms with E-state index in [-0.39, 0.29) is 36.3 Å². The number of carboxylic acid groups (broad SMARTS) is 1. The van der Waals surface area contributed by atoms with E-state index in [2.05, 4.69) is 13.5 Å². The molecule has 8 heteroatoms. The van der Waals surface area contributed by atoms with Crippen LogP contribution in [0.3, 0.4) is 0 Å². The summed E-state index contributed by atoms with van der Waals surface area (Å²) in [5, 5.41) is 20.5. The van der Waals surface area contributed by atoms with Gasteiger partial charge in [0.15, 0.2) is 0 Å². The first kappa shape index (κ1) is 26.7. The predicted octanol–water partition coefficient (Wildman–Crippen LogP) is 2.69. The highest BCUT2D eigenvalue weighted by atomic mass is 16.5. The summed E-state index contributed by atoms with van der Waals surface area (Å²) in [5.74, 6) is -3.66. The number of aliphatic carboxylic acids is 1. The van der Waals surface area contributed by atoms with Gasteiger partial charge in [0.2, 0.25) is 11.8 Å². The van der Waals surface area contributed by atoms with Crippen LogP contribution in [0.5, 0.6) is 0 Å². The number of aliphatic hydroxyl groups is 1. The Kier molecular flexibility index (Phi) is 7.54. The van der Waals surface area contributed by atoms with E-state index in [9.17, 15) is 24.6 Å². The van der Waals surface area contributed by atoms with Crippen molar-refractivity contribution in [2.24, 2.45) is 23.7 Å². The molecule has 8 nitrogen and oxygen atoms in total. The highest BCUT2D eigenvalue weighted by Gasteiger charge is 2.80. The number of rotatable bonds is 11. The molecule has 1 spiro atoms. The lowest BCUT2D eigenvalue weighted by Gasteiger charge is -2.41. The number of carbonyl (C=O) groups excluding carboxylic acids is 2. The molecule has 0 aromatic heterocycles. The van der Waals surface area contributed by atoms with Gasteiger partial charge in [-0.15, -0.1) is 6.58 Å². The fraction of sp³-hybridized carbons (Fsp3) is 0.808. The highest BCUT2D eigenvalue weighted by molar-refractivity contribution is 5.98. The topological polar surface area (TPSA) is 107 Å². The van der Waals surface area contributed by atoms with Crippen LogP contribution in [0.15, 0.2) is 12.7 Å². The van der Waals surface area contributed by atoms with E-state index in [1.54, 1.807) is 17.9 Å². The molecule has 0 aromatic carbocycles. The number of aliphatic hydroxyl groups excluding tert-OH is 1. The van der Waals surface area contributed by atoms with Crippen molar-refractivity contribution in [2.75, 3.05) is 13.2 Å². The molecule has 3 rings (SSSR count). The van der Waals surface area contributed by atoms with E-state index in [1.807, 2.05) is 27.7 Å². The van der Waals surface area contributed by atoms with Gasteiger partial charge >= 0.3 is 5.97 Å². The molecular weight excluding hydrogens is 436 g/mol. The molecule has 34 heavy (non-hydrogen) atoms. The molecule has 2 amide bonds. The summed E-state index contributed by atoms with van der Waals surface area (Å²) < 4.78 is 6.56. The van der Waals surface area contributed by atoms with Crippen molar-refractivity contribution in [3.05, 3.63) is 12.7 Å². The Labute approximate surface area is 203 Å². The van der Waals surface area contributed by atoms with Crippen LogP contribution in [0.25, 0.3) is 0 Å². The van der Waals surface area contributed by atoms with Gasteiger partial charge in [-0.2, -0.15) is 0 Å². The Morgan fingerprint density at radius 2 is 2.00 bits per heavy atom. The molecule has 3 aliphatic heterocycles. The van der Waals surface area contributed by atoms with Gasteiger partial charge in [-0.05, 0) is 44.9 Å². The number of likely N-dealkylation sites (tertiary alicyclic amines) is 1. The molecule has 8 atom stereocenters. The molecule has 3 aliphatic rings. The first-order chi connectivity index (χ1) is 15.9. The lowest BCUT2D eigenvalue weighted by atomic mass is 9.62. The molecule has 3 saturated heterocycles. The summed E-state index contributed by atoms with van der Waals surface area (Å²) in [6.45, 7) is 15.6. The third-order valence-corrected chi connectivity index (χ3v) is 8.45. The van der Waals surface area contributed by atoms with Crippen molar-refractivity contribution in [1.29, 1.82) is 0 Å².